The summed E-state index contributed by atoms with van der Waals surface area (Å²) in [5.41, 5.74) is -3.36. The van der Waals surface area contributed by atoms with E-state index in [9.17, 15) is 39.9 Å². The summed E-state index contributed by atoms with van der Waals surface area (Å²) in [6.45, 7) is 3.36. The van der Waals surface area contributed by atoms with E-state index in [0.29, 0.717) is 0 Å². The summed E-state index contributed by atoms with van der Waals surface area (Å²) in [6, 6.07) is 3.05. The second kappa shape index (κ2) is 11.7. The number of benzene rings is 2. The Hall–Kier alpha value is -3.26. The number of phenols is 3. The standard InChI is InChI=1S/C30H35NO11.ClH/c1-6-30(39)11-18(42-19-10-15(31(3)4)25(34)12(2)41-19)20-13(24(30)29(38)40-5)9-14-21(27(20)36)28(37)23-17(33)8-7-16(32)22(23)26(14)35;/h7-9,12,15,18-19,24-25,32-34,36,39H,6,10-11H2,1-5H3;1H/t12?,15?,18-,19?,24-,25?,30+;/m0./s1. The summed E-state index contributed by atoms with van der Waals surface area (Å²) in [4.78, 5) is 42.2. The molecule has 7 atom stereocenters. The summed E-state index contributed by atoms with van der Waals surface area (Å²) >= 11 is 0. The molecule has 1 saturated heterocycles. The Labute approximate surface area is 254 Å². The van der Waals surface area contributed by atoms with Gasteiger partial charge in [0.2, 0.25) is 5.78 Å². The number of aromatic hydroxyl groups is 3. The van der Waals surface area contributed by atoms with E-state index >= 15 is 0 Å². The van der Waals surface area contributed by atoms with Crippen LogP contribution in [0.1, 0.15) is 88.1 Å². The molecule has 0 aromatic heterocycles. The molecule has 1 fully saturated rings. The van der Waals surface area contributed by atoms with Crippen LogP contribution in [0.15, 0.2) is 18.2 Å². The van der Waals surface area contributed by atoms with Gasteiger partial charge >= 0.3 is 5.97 Å². The number of likely N-dealkylation sites (N-methyl/N-ethyl adjacent to an activating group) is 1. The van der Waals surface area contributed by atoms with Gasteiger partial charge in [0.1, 0.15) is 23.2 Å². The van der Waals surface area contributed by atoms with Crippen molar-refractivity contribution in [1.29, 1.82) is 0 Å². The molecular weight excluding hydrogens is 586 g/mol. The molecule has 0 saturated carbocycles. The SMILES string of the molecule is CC[C@@]1(O)C[C@H](OC2CC(N(C)C)C(O)C(C)O2)c2c(cc3c(c2O)C(=O)c2c(O)ccc(O)c2C3=O)[C@H]1C(=O)OC.Cl. The Kier molecular flexibility index (Phi) is 8.87. The first kappa shape index (κ1) is 32.6. The van der Waals surface area contributed by atoms with Crippen LogP contribution in [0.25, 0.3) is 0 Å². The number of carbonyl (C=O) groups excluding carboxylic acids is 3. The zero-order valence-corrected chi connectivity index (χ0v) is 25.2. The van der Waals surface area contributed by atoms with E-state index in [1.807, 2.05) is 19.0 Å². The summed E-state index contributed by atoms with van der Waals surface area (Å²) < 4.78 is 17.3. The van der Waals surface area contributed by atoms with Crippen LogP contribution in [0.5, 0.6) is 17.2 Å². The molecule has 13 heteroatoms. The molecule has 234 valence electrons. The van der Waals surface area contributed by atoms with Gasteiger partial charge in [-0.25, -0.2) is 0 Å². The minimum Gasteiger partial charge on any atom is -0.507 e. The maximum Gasteiger partial charge on any atom is 0.316 e. The van der Waals surface area contributed by atoms with E-state index in [-0.39, 0.29) is 54.4 Å². The number of phenolic OH excluding ortho intramolecular Hbond substituents is 3. The van der Waals surface area contributed by atoms with E-state index < -0.39 is 87.6 Å². The number of nitrogens with zero attached hydrogens (tertiary/aromatic N) is 1. The number of aliphatic hydroxyl groups excluding tert-OH is 1. The molecule has 43 heavy (non-hydrogen) atoms. The number of rotatable bonds is 5. The smallest absolute Gasteiger partial charge is 0.316 e. The van der Waals surface area contributed by atoms with Crippen LogP contribution in [0.4, 0.5) is 0 Å². The summed E-state index contributed by atoms with van der Waals surface area (Å²) in [7, 11) is 4.76. The van der Waals surface area contributed by atoms with Crippen LogP contribution in [0.2, 0.25) is 0 Å². The topological polar surface area (TPSA) is 183 Å². The average Bonchev–Trinajstić information content (AvgIpc) is 2.93. The third kappa shape index (κ3) is 5.05. The first-order valence-corrected chi connectivity index (χ1v) is 13.7. The number of hydrogen-bond acceptors (Lipinski definition) is 12. The number of fused-ring (bicyclic) bond motifs is 3. The van der Waals surface area contributed by atoms with Gasteiger partial charge in [0.25, 0.3) is 0 Å². The highest BCUT2D eigenvalue weighted by molar-refractivity contribution is 6.31. The highest BCUT2D eigenvalue weighted by atomic mass is 35.5. The van der Waals surface area contributed by atoms with Crippen LogP contribution in [0, 0.1) is 0 Å². The van der Waals surface area contributed by atoms with Crippen LogP contribution >= 0.6 is 12.4 Å². The first-order valence-electron chi connectivity index (χ1n) is 13.7. The monoisotopic (exact) mass is 621 g/mol. The number of ketones is 2. The molecule has 2 aromatic rings. The van der Waals surface area contributed by atoms with E-state index in [4.69, 9.17) is 14.2 Å². The molecule has 5 N–H and O–H groups in total. The summed E-state index contributed by atoms with van der Waals surface area (Å²) in [6.07, 6.45) is -3.34. The Bertz CT molecular complexity index is 1480. The van der Waals surface area contributed by atoms with Crippen molar-refractivity contribution in [3.8, 4) is 17.2 Å². The average molecular weight is 622 g/mol. The Morgan fingerprint density at radius 3 is 2.26 bits per heavy atom. The van der Waals surface area contributed by atoms with Crippen molar-refractivity contribution in [2.75, 3.05) is 21.2 Å². The van der Waals surface area contributed by atoms with Crippen LogP contribution in [0.3, 0.4) is 0 Å². The van der Waals surface area contributed by atoms with Gasteiger partial charge in [-0.3, -0.25) is 14.4 Å². The zero-order valence-electron chi connectivity index (χ0n) is 24.4. The molecule has 0 bridgehead atoms. The Morgan fingerprint density at radius 2 is 1.70 bits per heavy atom. The number of halogens is 1. The summed E-state index contributed by atoms with van der Waals surface area (Å²) in [5.74, 6) is -5.69. The van der Waals surface area contributed by atoms with Crippen LogP contribution in [-0.2, 0) is 19.0 Å². The van der Waals surface area contributed by atoms with Gasteiger partial charge in [0, 0.05) is 30.0 Å². The molecule has 1 heterocycles. The Balaban J connectivity index is 0.00000423. The third-order valence-electron chi connectivity index (χ3n) is 8.87. The van der Waals surface area contributed by atoms with Crippen molar-refractivity contribution >= 4 is 29.9 Å². The van der Waals surface area contributed by atoms with Gasteiger partial charge in [-0.15, -0.1) is 12.4 Å². The lowest BCUT2D eigenvalue weighted by atomic mass is 9.67. The molecule has 0 radical (unpaired) electrons. The molecule has 1 aliphatic heterocycles. The predicted molar refractivity (Wildman–Crippen MR) is 153 cm³/mol. The Morgan fingerprint density at radius 1 is 1.09 bits per heavy atom. The fourth-order valence-corrected chi connectivity index (χ4v) is 6.56. The second-order valence-corrected chi connectivity index (χ2v) is 11.4. The molecular formula is C30H36ClNO11. The fraction of sp³-hybridized carbons (Fsp3) is 0.500. The van der Waals surface area contributed by atoms with Gasteiger partial charge in [0.05, 0.1) is 47.7 Å². The van der Waals surface area contributed by atoms with Gasteiger partial charge < -0.3 is 44.6 Å². The lowest BCUT2D eigenvalue weighted by Crippen LogP contribution is -2.54. The van der Waals surface area contributed by atoms with Gasteiger partial charge in [0.15, 0.2) is 12.1 Å². The minimum atomic E-state index is -1.74. The molecule has 4 unspecified atom stereocenters. The van der Waals surface area contributed by atoms with Crippen LogP contribution < -0.4 is 0 Å². The van der Waals surface area contributed by atoms with Crippen LogP contribution in [-0.4, -0.2) is 99.3 Å². The van der Waals surface area contributed by atoms with Crippen molar-refractivity contribution in [1.82, 2.24) is 4.90 Å². The number of hydrogen-bond donors (Lipinski definition) is 5. The maximum absolute atomic E-state index is 13.7. The van der Waals surface area contributed by atoms with Gasteiger partial charge in [-0.2, -0.15) is 0 Å². The van der Waals surface area contributed by atoms with Crippen molar-refractivity contribution in [2.45, 2.75) is 75.3 Å². The quantitative estimate of drug-likeness (QED) is 0.207. The predicted octanol–water partition coefficient (Wildman–Crippen LogP) is 2.29. The lowest BCUT2D eigenvalue weighted by molar-refractivity contribution is -0.258. The molecule has 2 aromatic carbocycles. The lowest BCUT2D eigenvalue weighted by Gasteiger charge is -2.46. The van der Waals surface area contributed by atoms with E-state index in [2.05, 4.69) is 0 Å². The van der Waals surface area contributed by atoms with E-state index in [1.54, 1.807) is 13.8 Å². The highest BCUT2D eigenvalue weighted by Crippen LogP contribution is 2.54. The molecule has 2 aliphatic carbocycles. The van der Waals surface area contributed by atoms with Crippen molar-refractivity contribution in [2.24, 2.45) is 0 Å². The minimum absolute atomic E-state index is 0. The van der Waals surface area contributed by atoms with E-state index in [1.165, 1.54) is 6.07 Å². The first-order chi connectivity index (χ1) is 19.7. The number of methoxy groups -OCH3 is 1. The van der Waals surface area contributed by atoms with E-state index in [0.717, 1.165) is 19.2 Å². The number of carbonyl (C=O) groups is 3. The third-order valence-corrected chi connectivity index (χ3v) is 8.87. The van der Waals surface area contributed by atoms with Gasteiger partial charge in [-0.1, -0.05) is 6.92 Å². The molecule has 12 nitrogen and oxygen atoms in total. The molecule has 3 aliphatic rings. The summed E-state index contributed by atoms with van der Waals surface area (Å²) in [5, 5.41) is 54.9. The number of ether oxygens (including phenoxy) is 3. The normalized spacial score (nSPS) is 29.8. The van der Waals surface area contributed by atoms with Crippen molar-refractivity contribution in [3.63, 3.8) is 0 Å². The molecule has 0 spiro atoms. The maximum atomic E-state index is 13.7. The molecule has 5 rings (SSSR count). The molecule has 0 amide bonds. The van der Waals surface area contributed by atoms with Crippen molar-refractivity contribution in [3.05, 3.63) is 51.6 Å². The number of aliphatic hydroxyl groups is 2. The van der Waals surface area contributed by atoms with Crippen molar-refractivity contribution < 1.29 is 54.1 Å². The highest BCUT2D eigenvalue weighted by Gasteiger charge is 2.53. The number of esters is 1. The fourth-order valence-electron chi connectivity index (χ4n) is 6.56. The second-order valence-electron chi connectivity index (χ2n) is 11.4. The zero-order chi connectivity index (χ0) is 30.8. The largest absolute Gasteiger partial charge is 0.507 e. The van der Waals surface area contributed by atoms with Gasteiger partial charge in [-0.05, 0) is 51.2 Å².